The van der Waals surface area contributed by atoms with Crippen molar-refractivity contribution >= 4 is 5.91 Å². The molecule has 19 heavy (non-hydrogen) atoms. The van der Waals surface area contributed by atoms with Crippen LogP contribution in [-0.4, -0.2) is 23.9 Å². The SMILES string of the molecule is C=CC(=O)N1CC2CC(C(=C/C)/C(C)=C/C)CC2C1. The minimum Gasteiger partial charge on any atom is -0.339 e. The van der Waals surface area contributed by atoms with Crippen molar-refractivity contribution in [1.82, 2.24) is 4.90 Å². The molecule has 2 heteroatoms. The molecule has 2 aliphatic rings. The minimum absolute atomic E-state index is 0.0989. The fourth-order valence-corrected chi connectivity index (χ4v) is 3.81. The van der Waals surface area contributed by atoms with E-state index in [2.05, 4.69) is 39.5 Å². The molecule has 0 bridgehead atoms. The lowest BCUT2D eigenvalue weighted by molar-refractivity contribution is -0.125. The largest absolute Gasteiger partial charge is 0.339 e. The van der Waals surface area contributed by atoms with Crippen LogP contribution in [0.3, 0.4) is 0 Å². The van der Waals surface area contributed by atoms with Gasteiger partial charge in [0, 0.05) is 13.1 Å². The molecule has 2 rings (SSSR count). The number of hydrogen-bond acceptors (Lipinski definition) is 1. The van der Waals surface area contributed by atoms with E-state index in [-0.39, 0.29) is 5.91 Å². The summed E-state index contributed by atoms with van der Waals surface area (Å²) in [5.74, 6) is 2.17. The second-order valence-electron chi connectivity index (χ2n) is 5.85. The number of fused-ring (bicyclic) bond motifs is 1. The first-order valence-corrected chi connectivity index (χ1v) is 7.31. The topological polar surface area (TPSA) is 20.3 Å². The summed E-state index contributed by atoms with van der Waals surface area (Å²) in [6.45, 7) is 11.9. The molecule has 1 aliphatic heterocycles. The van der Waals surface area contributed by atoms with Gasteiger partial charge in [-0.3, -0.25) is 4.79 Å². The molecule has 0 N–H and O–H groups in total. The van der Waals surface area contributed by atoms with E-state index in [4.69, 9.17) is 0 Å². The molecule has 1 aliphatic carbocycles. The predicted octanol–water partition coefficient (Wildman–Crippen LogP) is 3.57. The summed E-state index contributed by atoms with van der Waals surface area (Å²) in [6.07, 6.45) is 8.39. The van der Waals surface area contributed by atoms with Crippen molar-refractivity contribution in [2.24, 2.45) is 17.8 Å². The molecule has 0 aromatic heterocycles. The van der Waals surface area contributed by atoms with Gasteiger partial charge < -0.3 is 4.90 Å². The van der Waals surface area contributed by atoms with E-state index in [0.717, 1.165) is 13.1 Å². The number of hydrogen-bond donors (Lipinski definition) is 0. The summed E-state index contributed by atoms with van der Waals surface area (Å²) in [4.78, 5) is 13.6. The van der Waals surface area contributed by atoms with Gasteiger partial charge in [0.15, 0.2) is 0 Å². The highest BCUT2D eigenvalue weighted by atomic mass is 16.2. The van der Waals surface area contributed by atoms with Gasteiger partial charge in [-0.25, -0.2) is 0 Å². The molecular formula is C17H25NO. The van der Waals surface area contributed by atoms with Crippen molar-refractivity contribution in [1.29, 1.82) is 0 Å². The molecule has 2 fully saturated rings. The van der Waals surface area contributed by atoms with Gasteiger partial charge in [0.25, 0.3) is 0 Å². The van der Waals surface area contributed by atoms with Crippen molar-refractivity contribution < 1.29 is 4.79 Å². The fraction of sp³-hybridized carbons (Fsp3) is 0.588. The Hall–Kier alpha value is -1.31. The minimum atomic E-state index is 0.0989. The summed E-state index contributed by atoms with van der Waals surface area (Å²) >= 11 is 0. The number of likely N-dealkylation sites (tertiary alicyclic amines) is 1. The van der Waals surface area contributed by atoms with Crippen molar-refractivity contribution in [3.05, 3.63) is 36.0 Å². The highest BCUT2D eigenvalue weighted by Crippen LogP contribution is 2.45. The van der Waals surface area contributed by atoms with Crippen molar-refractivity contribution in [3.63, 3.8) is 0 Å². The highest BCUT2D eigenvalue weighted by molar-refractivity contribution is 5.87. The molecule has 2 nitrogen and oxygen atoms in total. The molecule has 1 saturated heterocycles. The number of allylic oxidation sites excluding steroid dienone is 4. The molecule has 1 saturated carbocycles. The van der Waals surface area contributed by atoms with Crippen LogP contribution < -0.4 is 0 Å². The third-order valence-electron chi connectivity index (χ3n) is 4.88. The van der Waals surface area contributed by atoms with Gasteiger partial charge in [0.1, 0.15) is 0 Å². The first-order chi connectivity index (χ1) is 9.10. The van der Waals surface area contributed by atoms with Crippen LogP contribution in [0, 0.1) is 17.8 Å². The molecule has 2 unspecified atom stereocenters. The van der Waals surface area contributed by atoms with Crippen molar-refractivity contribution in [3.8, 4) is 0 Å². The van der Waals surface area contributed by atoms with E-state index < -0.39 is 0 Å². The molecule has 104 valence electrons. The molecule has 0 aromatic rings. The molecule has 0 radical (unpaired) electrons. The normalized spacial score (nSPS) is 31.5. The Morgan fingerprint density at radius 2 is 1.74 bits per heavy atom. The van der Waals surface area contributed by atoms with Gasteiger partial charge in [-0.2, -0.15) is 0 Å². The Kier molecular flexibility index (Phi) is 4.28. The highest BCUT2D eigenvalue weighted by Gasteiger charge is 2.42. The van der Waals surface area contributed by atoms with Crippen LogP contribution in [0.25, 0.3) is 0 Å². The average molecular weight is 259 g/mol. The quantitative estimate of drug-likeness (QED) is 0.560. The van der Waals surface area contributed by atoms with E-state index >= 15 is 0 Å². The van der Waals surface area contributed by atoms with Gasteiger partial charge in [-0.15, -0.1) is 0 Å². The van der Waals surface area contributed by atoms with Crippen LogP contribution in [0.2, 0.25) is 0 Å². The monoisotopic (exact) mass is 259 g/mol. The fourth-order valence-electron chi connectivity index (χ4n) is 3.81. The first-order valence-electron chi connectivity index (χ1n) is 7.31. The third kappa shape index (κ3) is 2.68. The van der Waals surface area contributed by atoms with Crippen molar-refractivity contribution in [2.45, 2.75) is 33.6 Å². The maximum atomic E-state index is 11.7. The molecule has 1 amide bonds. The zero-order valence-corrected chi connectivity index (χ0v) is 12.4. The summed E-state index contributed by atoms with van der Waals surface area (Å²) in [5, 5.41) is 0. The van der Waals surface area contributed by atoms with Gasteiger partial charge in [-0.05, 0) is 63.0 Å². The zero-order chi connectivity index (χ0) is 14.0. The third-order valence-corrected chi connectivity index (χ3v) is 4.88. The lowest BCUT2D eigenvalue weighted by atomic mass is 9.90. The summed E-state index contributed by atoms with van der Waals surface area (Å²) in [5.41, 5.74) is 2.92. The Labute approximate surface area is 116 Å². The second kappa shape index (κ2) is 5.77. The standard InChI is InChI=1S/C17H25NO/c1-5-12(4)16(6-2)13-8-14-10-18(17(19)7-3)11-15(14)9-13/h5-7,13-15H,3,8-11H2,1-2,4H3/b12-5+,16-6+. The Morgan fingerprint density at radius 1 is 1.16 bits per heavy atom. The summed E-state index contributed by atoms with van der Waals surface area (Å²) in [7, 11) is 0. The second-order valence-corrected chi connectivity index (χ2v) is 5.85. The smallest absolute Gasteiger partial charge is 0.245 e. The summed E-state index contributed by atoms with van der Waals surface area (Å²) < 4.78 is 0. The Balaban J connectivity index is 2.01. The van der Waals surface area contributed by atoms with E-state index in [0.29, 0.717) is 17.8 Å². The maximum Gasteiger partial charge on any atom is 0.245 e. The lowest BCUT2D eigenvalue weighted by Gasteiger charge is -2.20. The van der Waals surface area contributed by atoms with E-state index in [9.17, 15) is 4.79 Å². The van der Waals surface area contributed by atoms with Crippen LogP contribution in [0.15, 0.2) is 36.0 Å². The number of amides is 1. The zero-order valence-electron chi connectivity index (χ0n) is 12.4. The van der Waals surface area contributed by atoms with Gasteiger partial charge >= 0.3 is 0 Å². The van der Waals surface area contributed by atoms with Gasteiger partial charge in [0.2, 0.25) is 5.91 Å². The molecule has 0 spiro atoms. The summed E-state index contributed by atoms with van der Waals surface area (Å²) in [6, 6.07) is 0. The maximum absolute atomic E-state index is 11.7. The average Bonchev–Trinajstić information content (AvgIpc) is 2.96. The molecule has 2 atom stereocenters. The van der Waals surface area contributed by atoms with E-state index in [1.54, 1.807) is 0 Å². The van der Waals surface area contributed by atoms with E-state index in [1.807, 2.05) is 4.90 Å². The van der Waals surface area contributed by atoms with Gasteiger partial charge in [0.05, 0.1) is 0 Å². The Morgan fingerprint density at radius 3 is 2.16 bits per heavy atom. The molecular weight excluding hydrogens is 234 g/mol. The molecule has 0 aromatic carbocycles. The number of carbonyl (C=O) groups excluding carboxylic acids is 1. The first kappa shape index (κ1) is 14.1. The Bertz CT molecular complexity index is 419. The van der Waals surface area contributed by atoms with Crippen LogP contribution in [0.5, 0.6) is 0 Å². The van der Waals surface area contributed by atoms with Crippen molar-refractivity contribution in [2.75, 3.05) is 13.1 Å². The van der Waals surface area contributed by atoms with Gasteiger partial charge in [-0.1, -0.05) is 24.3 Å². The number of nitrogens with zero attached hydrogens (tertiary/aromatic N) is 1. The lowest BCUT2D eigenvalue weighted by Crippen LogP contribution is -2.28. The van der Waals surface area contributed by atoms with Crippen LogP contribution in [-0.2, 0) is 4.79 Å². The number of rotatable bonds is 3. The van der Waals surface area contributed by atoms with Crippen LogP contribution in [0.4, 0.5) is 0 Å². The number of carbonyl (C=O) groups is 1. The predicted molar refractivity (Wildman–Crippen MR) is 79.7 cm³/mol. The molecule has 1 heterocycles. The van der Waals surface area contributed by atoms with Crippen LogP contribution in [0.1, 0.15) is 33.6 Å². The van der Waals surface area contributed by atoms with Crippen LogP contribution >= 0.6 is 0 Å². The van der Waals surface area contributed by atoms with E-state index in [1.165, 1.54) is 30.1 Å².